The van der Waals surface area contributed by atoms with Gasteiger partial charge in [-0.1, -0.05) is 35.5 Å². The number of likely N-dealkylation sites (tertiary alicyclic amines) is 1. The summed E-state index contributed by atoms with van der Waals surface area (Å²) in [5.74, 6) is -0.244. The first-order chi connectivity index (χ1) is 14.0. The van der Waals surface area contributed by atoms with E-state index in [1.165, 1.54) is 0 Å². The maximum atomic E-state index is 12.8. The second kappa shape index (κ2) is 7.86. The molecule has 0 aliphatic carbocycles. The normalized spacial score (nSPS) is 19.4. The van der Waals surface area contributed by atoms with Crippen LogP contribution in [0.5, 0.6) is 0 Å². The Bertz CT molecular complexity index is 1010. The fraction of sp³-hybridized carbons (Fsp3) is 0.350. The highest BCUT2D eigenvalue weighted by Crippen LogP contribution is 2.36. The van der Waals surface area contributed by atoms with Gasteiger partial charge in [0.25, 0.3) is 5.89 Å². The van der Waals surface area contributed by atoms with Crippen molar-refractivity contribution in [1.29, 1.82) is 0 Å². The average Bonchev–Trinajstić information content (AvgIpc) is 3.38. The van der Waals surface area contributed by atoms with Crippen LogP contribution in [0.3, 0.4) is 0 Å². The van der Waals surface area contributed by atoms with E-state index in [-0.39, 0.29) is 18.4 Å². The summed E-state index contributed by atoms with van der Waals surface area (Å²) in [6.45, 7) is -0.118. The zero-order valence-corrected chi connectivity index (χ0v) is 16.2. The number of benzene rings is 1. The van der Waals surface area contributed by atoms with E-state index >= 15 is 0 Å². The van der Waals surface area contributed by atoms with Crippen LogP contribution in [-0.4, -0.2) is 43.7 Å². The number of nitrogens with zero attached hydrogens (tertiary/aromatic N) is 5. The molecule has 3 aromatic rings. The topological polar surface area (TPSA) is 103 Å². The Morgan fingerprint density at radius 1 is 1.28 bits per heavy atom. The first-order valence-electron chi connectivity index (χ1n) is 9.32. The summed E-state index contributed by atoms with van der Waals surface area (Å²) in [5, 5.41) is 8.09. The maximum absolute atomic E-state index is 12.8. The van der Waals surface area contributed by atoms with Crippen molar-refractivity contribution in [3.05, 3.63) is 54.2 Å². The van der Waals surface area contributed by atoms with E-state index in [0.29, 0.717) is 18.7 Å². The molecule has 1 fully saturated rings. The molecule has 0 spiro atoms. The first-order valence-corrected chi connectivity index (χ1v) is 9.32. The van der Waals surface area contributed by atoms with E-state index < -0.39 is 17.9 Å². The summed E-state index contributed by atoms with van der Waals surface area (Å²) < 4.78 is 12.3. The molecule has 0 radical (unpaired) electrons. The van der Waals surface area contributed by atoms with Crippen LogP contribution in [0.25, 0.3) is 11.4 Å². The second-order valence-corrected chi connectivity index (χ2v) is 7.03. The van der Waals surface area contributed by atoms with Crippen LogP contribution in [0, 0.1) is 5.92 Å². The standard InChI is InChI=1S/C20H21N5O4/c1-24-11-14(10-21-24)18-15(8-9-17(26)25(18)2)20(27)28-12-16-22-19(23-29-16)13-6-4-3-5-7-13/h3-7,10-11,15,18H,8-9,12H2,1-2H3. The Morgan fingerprint density at radius 3 is 2.79 bits per heavy atom. The number of ether oxygens (including phenoxy) is 1. The van der Waals surface area contributed by atoms with Gasteiger partial charge in [-0.3, -0.25) is 14.3 Å². The van der Waals surface area contributed by atoms with E-state index in [1.54, 1.807) is 29.9 Å². The van der Waals surface area contributed by atoms with E-state index in [1.807, 2.05) is 36.5 Å². The molecule has 1 amide bonds. The molecule has 2 aromatic heterocycles. The minimum atomic E-state index is -0.488. The van der Waals surface area contributed by atoms with Gasteiger partial charge in [0.2, 0.25) is 11.7 Å². The Morgan fingerprint density at radius 2 is 2.07 bits per heavy atom. The van der Waals surface area contributed by atoms with Crippen molar-refractivity contribution in [2.45, 2.75) is 25.5 Å². The van der Waals surface area contributed by atoms with Crippen molar-refractivity contribution in [2.24, 2.45) is 13.0 Å². The van der Waals surface area contributed by atoms with Gasteiger partial charge >= 0.3 is 5.97 Å². The van der Waals surface area contributed by atoms with Crippen LogP contribution in [0.2, 0.25) is 0 Å². The Kier molecular flexibility index (Phi) is 5.11. The minimum Gasteiger partial charge on any atom is -0.455 e. The molecule has 1 saturated heterocycles. The van der Waals surface area contributed by atoms with E-state index in [9.17, 15) is 9.59 Å². The second-order valence-electron chi connectivity index (χ2n) is 7.03. The third kappa shape index (κ3) is 3.89. The highest BCUT2D eigenvalue weighted by molar-refractivity contribution is 5.82. The predicted octanol–water partition coefficient (Wildman–Crippen LogP) is 2.12. The SMILES string of the molecule is CN1C(=O)CCC(C(=O)OCc2nc(-c3ccccc3)no2)C1c1cnn(C)c1. The molecule has 2 unspecified atom stereocenters. The van der Waals surface area contributed by atoms with Gasteiger partial charge in [0, 0.05) is 37.8 Å². The molecule has 2 atom stereocenters. The van der Waals surface area contributed by atoms with Gasteiger partial charge in [0.1, 0.15) is 0 Å². The van der Waals surface area contributed by atoms with Crippen molar-refractivity contribution in [3.63, 3.8) is 0 Å². The lowest BCUT2D eigenvalue weighted by molar-refractivity contribution is -0.158. The number of aryl methyl sites for hydroxylation is 1. The number of piperidine rings is 1. The van der Waals surface area contributed by atoms with Crippen molar-refractivity contribution < 1.29 is 18.8 Å². The van der Waals surface area contributed by atoms with Gasteiger partial charge in [-0.25, -0.2) is 0 Å². The smallest absolute Gasteiger partial charge is 0.311 e. The van der Waals surface area contributed by atoms with E-state index in [0.717, 1.165) is 11.1 Å². The number of esters is 1. The average molecular weight is 395 g/mol. The van der Waals surface area contributed by atoms with Crippen molar-refractivity contribution in [3.8, 4) is 11.4 Å². The number of hydrogen-bond donors (Lipinski definition) is 0. The molecule has 3 heterocycles. The van der Waals surface area contributed by atoms with Gasteiger partial charge in [-0.05, 0) is 6.42 Å². The quantitative estimate of drug-likeness (QED) is 0.610. The van der Waals surface area contributed by atoms with Gasteiger partial charge in [-0.2, -0.15) is 10.1 Å². The summed E-state index contributed by atoms with van der Waals surface area (Å²) in [6, 6.07) is 8.98. The van der Waals surface area contributed by atoms with Crippen LogP contribution in [-0.2, 0) is 28.0 Å². The molecule has 150 valence electrons. The number of carbonyl (C=O) groups is 2. The fourth-order valence-corrected chi connectivity index (χ4v) is 3.59. The number of rotatable bonds is 5. The fourth-order valence-electron chi connectivity index (χ4n) is 3.59. The number of carbonyl (C=O) groups excluding carboxylic acids is 2. The lowest BCUT2D eigenvalue weighted by Crippen LogP contribution is -2.43. The summed E-state index contributed by atoms with van der Waals surface area (Å²) in [4.78, 5) is 30.9. The third-order valence-electron chi connectivity index (χ3n) is 5.07. The summed E-state index contributed by atoms with van der Waals surface area (Å²) >= 11 is 0. The molecule has 0 N–H and O–H groups in total. The Labute approximate surface area is 167 Å². The van der Waals surface area contributed by atoms with Crippen LogP contribution in [0.15, 0.2) is 47.2 Å². The highest BCUT2D eigenvalue weighted by Gasteiger charge is 2.40. The molecular formula is C20H21N5O4. The molecule has 4 rings (SSSR count). The minimum absolute atomic E-state index is 0.00712. The number of amides is 1. The summed E-state index contributed by atoms with van der Waals surface area (Å²) in [7, 11) is 3.49. The molecule has 9 heteroatoms. The van der Waals surface area contributed by atoms with Crippen LogP contribution in [0.1, 0.15) is 30.3 Å². The van der Waals surface area contributed by atoms with E-state index in [2.05, 4.69) is 15.2 Å². The van der Waals surface area contributed by atoms with Gasteiger partial charge in [0.15, 0.2) is 6.61 Å². The van der Waals surface area contributed by atoms with Crippen molar-refractivity contribution in [2.75, 3.05) is 7.05 Å². The number of aromatic nitrogens is 4. The first kappa shape index (κ1) is 18.9. The van der Waals surface area contributed by atoms with Gasteiger partial charge in [-0.15, -0.1) is 0 Å². The Hall–Kier alpha value is -3.49. The predicted molar refractivity (Wildman–Crippen MR) is 101 cm³/mol. The molecule has 9 nitrogen and oxygen atoms in total. The van der Waals surface area contributed by atoms with Gasteiger partial charge < -0.3 is 14.2 Å². The zero-order chi connectivity index (χ0) is 20.4. The highest BCUT2D eigenvalue weighted by atomic mass is 16.6. The molecular weight excluding hydrogens is 374 g/mol. The molecule has 29 heavy (non-hydrogen) atoms. The molecule has 1 aliphatic rings. The lowest BCUT2D eigenvalue weighted by atomic mass is 9.86. The van der Waals surface area contributed by atoms with E-state index in [4.69, 9.17) is 9.26 Å². The maximum Gasteiger partial charge on any atom is 0.311 e. The van der Waals surface area contributed by atoms with Gasteiger partial charge in [0.05, 0.1) is 18.2 Å². The zero-order valence-electron chi connectivity index (χ0n) is 16.2. The van der Waals surface area contributed by atoms with Crippen LogP contribution in [0.4, 0.5) is 0 Å². The molecule has 0 saturated carbocycles. The van der Waals surface area contributed by atoms with Crippen molar-refractivity contribution >= 4 is 11.9 Å². The summed E-state index contributed by atoms with van der Waals surface area (Å²) in [5.41, 5.74) is 1.62. The monoisotopic (exact) mass is 395 g/mol. The summed E-state index contributed by atoms with van der Waals surface area (Å²) in [6.07, 6.45) is 4.20. The number of hydrogen-bond acceptors (Lipinski definition) is 7. The van der Waals surface area contributed by atoms with Crippen LogP contribution < -0.4 is 0 Å². The van der Waals surface area contributed by atoms with Crippen LogP contribution >= 0.6 is 0 Å². The largest absolute Gasteiger partial charge is 0.455 e. The molecule has 1 aromatic carbocycles. The van der Waals surface area contributed by atoms with Crippen molar-refractivity contribution in [1.82, 2.24) is 24.8 Å². The third-order valence-corrected chi connectivity index (χ3v) is 5.07. The molecule has 1 aliphatic heterocycles. The molecule has 0 bridgehead atoms. The lowest BCUT2D eigenvalue weighted by Gasteiger charge is -2.37. The Balaban J connectivity index is 1.46.